The van der Waals surface area contributed by atoms with Crippen LogP contribution in [-0.4, -0.2) is 36.9 Å². The molecule has 2 unspecified atom stereocenters. The summed E-state index contributed by atoms with van der Waals surface area (Å²) >= 11 is 0. The van der Waals surface area contributed by atoms with Gasteiger partial charge in [-0.05, 0) is 33.7 Å². The highest BCUT2D eigenvalue weighted by molar-refractivity contribution is 5.73. The third kappa shape index (κ3) is 3.46. The molecule has 94 valence electrons. The van der Waals surface area contributed by atoms with E-state index in [0.29, 0.717) is 6.04 Å². The minimum Gasteiger partial charge on any atom is -0.481 e. The number of carbonyl (C=O) groups is 1. The molecular formula is C12H23NO3. The molecule has 0 bridgehead atoms. The minimum absolute atomic E-state index is 0.164. The summed E-state index contributed by atoms with van der Waals surface area (Å²) in [5.74, 6) is -0.802. The molecule has 1 aliphatic carbocycles. The van der Waals surface area contributed by atoms with Crippen LogP contribution in [0.25, 0.3) is 0 Å². The second-order valence-corrected chi connectivity index (χ2v) is 5.22. The van der Waals surface area contributed by atoms with Gasteiger partial charge in [0, 0.05) is 6.04 Å². The predicted octanol–water partition coefficient (Wildman–Crippen LogP) is 1.64. The summed E-state index contributed by atoms with van der Waals surface area (Å²) in [6.45, 7) is 3.68. The van der Waals surface area contributed by atoms with Crippen LogP contribution in [0.15, 0.2) is 0 Å². The van der Waals surface area contributed by atoms with Gasteiger partial charge in [-0.2, -0.15) is 0 Å². The Balaban J connectivity index is 2.43. The van der Waals surface area contributed by atoms with Crippen LogP contribution < -0.4 is 5.32 Å². The highest BCUT2D eigenvalue weighted by Crippen LogP contribution is 2.24. The van der Waals surface area contributed by atoms with Crippen LogP contribution in [0, 0.1) is 5.41 Å². The largest absolute Gasteiger partial charge is 0.481 e. The molecule has 1 rings (SSSR count). The zero-order valence-corrected chi connectivity index (χ0v) is 10.5. The lowest BCUT2D eigenvalue weighted by atomic mass is 9.91. The number of hydrogen-bond acceptors (Lipinski definition) is 3. The van der Waals surface area contributed by atoms with Gasteiger partial charge >= 0.3 is 5.97 Å². The standard InChI is InChI=1S/C12H23NO3/c1-12(2,11(14)15)8-16-10-7-5-4-6-9(10)13-3/h9-10,13H,4-8H2,1-3H3,(H,14,15). The van der Waals surface area contributed by atoms with Crippen LogP contribution in [-0.2, 0) is 9.53 Å². The van der Waals surface area contributed by atoms with Crippen molar-refractivity contribution in [3.63, 3.8) is 0 Å². The number of rotatable bonds is 5. The number of likely N-dealkylation sites (N-methyl/N-ethyl adjacent to an activating group) is 1. The third-order valence-corrected chi connectivity index (χ3v) is 3.31. The van der Waals surface area contributed by atoms with Crippen molar-refractivity contribution in [1.82, 2.24) is 5.32 Å². The molecule has 1 saturated carbocycles. The van der Waals surface area contributed by atoms with Gasteiger partial charge in [-0.15, -0.1) is 0 Å². The second-order valence-electron chi connectivity index (χ2n) is 5.22. The van der Waals surface area contributed by atoms with E-state index in [9.17, 15) is 4.79 Å². The van der Waals surface area contributed by atoms with Crippen LogP contribution in [0.3, 0.4) is 0 Å². The van der Waals surface area contributed by atoms with Gasteiger partial charge in [0.2, 0.25) is 0 Å². The van der Waals surface area contributed by atoms with E-state index in [4.69, 9.17) is 9.84 Å². The molecule has 0 aliphatic heterocycles. The maximum atomic E-state index is 10.9. The van der Waals surface area contributed by atoms with Crippen molar-refractivity contribution in [2.75, 3.05) is 13.7 Å². The molecule has 0 aromatic carbocycles. The number of hydrogen-bond donors (Lipinski definition) is 2. The van der Waals surface area contributed by atoms with Crippen LogP contribution >= 0.6 is 0 Å². The van der Waals surface area contributed by atoms with E-state index >= 15 is 0 Å². The van der Waals surface area contributed by atoms with Gasteiger partial charge in [-0.25, -0.2) is 0 Å². The van der Waals surface area contributed by atoms with Crippen LogP contribution in [0.5, 0.6) is 0 Å². The molecule has 0 heterocycles. The lowest BCUT2D eigenvalue weighted by Crippen LogP contribution is -2.43. The van der Waals surface area contributed by atoms with Gasteiger partial charge in [0.25, 0.3) is 0 Å². The Bertz CT molecular complexity index is 240. The Kier molecular flexibility index (Phi) is 4.74. The van der Waals surface area contributed by atoms with Crippen molar-refractivity contribution >= 4 is 5.97 Å². The fourth-order valence-corrected chi connectivity index (χ4v) is 2.00. The van der Waals surface area contributed by atoms with Gasteiger partial charge in [0.1, 0.15) is 0 Å². The van der Waals surface area contributed by atoms with E-state index < -0.39 is 11.4 Å². The van der Waals surface area contributed by atoms with E-state index in [1.807, 2.05) is 7.05 Å². The Morgan fingerprint density at radius 3 is 2.62 bits per heavy atom. The van der Waals surface area contributed by atoms with E-state index in [1.54, 1.807) is 13.8 Å². The molecule has 4 heteroatoms. The van der Waals surface area contributed by atoms with E-state index in [0.717, 1.165) is 12.8 Å². The monoisotopic (exact) mass is 229 g/mol. The van der Waals surface area contributed by atoms with Gasteiger partial charge < -0.3 is 15.2 Å². The second kappa shape index (κ2) is 5.64. The summed E-state index contributed by atoms with van der Waals surface area (Å²) in [5, 5.41) is 12.2. The first-order chi connectivity index (χ1) is 7.47. The molecule has 0 amide bonds. The predicted molar refractivity (Wildman–Crippen MR) is 62.5 cm³/mol. The van der Waals surface area contributed by atoms with Gasteiger partial charge in [-0.3, -0.25) is 4.79 Å². The topological polar surface area (TPSA) is 58.6 Å². The lowest BCUT2D eigenvalue weighted by molar-refractivity contribution is -0.152. The Labute approximate surface area is 97.4 Å². The summed E-state index contributed by atoms with van der Waals surface area (Å²) in [4.78, 5) is 10.9. The SMILES string of the molecule is CNC1CCCCC1OCC(C)(C)C(=O)O. The quantitative estimate of drug-likeness (QED) is 0.752. The van der Waals surface area contributed by atoms with E-state index in [2.05, 4.69) is 5.32 Å². The van der Waals surface area contributed by atoms with Crippen molar-refractivity contribution in [2.24, 2.45) is 5.41 Å². The first-order valence-corrected chi connectivity index (χ1v) is 5.99. The zero-order chi connectivity index (χ0) is 12.2. The van der Waals surface area contributed by atoms with E-state index in [1.165, 1.54) is 12.8 Å². The highest BCUT2D eigenvalue weighted by Gasteiger charge is 2.31. The first-order valence-electron chi connectivity index (χ1n) is 5.99. The van der Waals surface area contributed by atoms with Crippen molar-refractivity contribution in [2.45, 2.75) is 51.7 Å². The molecule has 1 aliphatic rings. The number of nitrogens with one attached hydrogen (secondary N) is 1. The van der Waals surface area contributed by atoms with Crippen molar-refractivity contribution in [3.8, 4) is 0 Å². The number of carboxylic acid groups (broad SMARTS) is 1. The maximum Gasteiger partial charge on any atom is 0.311 e. The summed E-state index contributed by atoms with van der Waals surface area (Å²) in [5.41, 5.74) is -0.796. The third-order valence-electron chi connectivity index (χ3n) is 3.31. The molecule has 2 N–H and O–H groups in total. The highest BCUT2D eigenvalue weighted by atomic mass is 16.5. The molecule has 16 heavy (non-hydrogen) atoms. The molecule has 0 aromatic rings. The molecule has 0 radical (unpaired) electrons. The van der Waals surface area contributed by atoms with Gasteiger partial charge in [0.05, 0.1) is 18.1 Å². The average molecular weight is 229 g/mol. The van der Waals surface area contributed by atoms with Crippen molar-refractivity contribution < 1.29 is 14.6 Å². The molecule has 0 spiro atoms. The number of carboxylic acids is 1. The van der Waals surface area contributed by atoms with Crippen LogP contribution in [0.1, 0.15) is 39.5 Å². The zero-order valence-electron chi connectivity index (χ0n) is 10.5. The maximum absolute atomic E-state index is 10.9. The Hall–Kier alpha value is -0.610. The Morgan fingerprint density at radius 1 is 1.44 bits per heavy atom. The lowest BCUT2D eigenvalue weighted by Gasteiger charge is -2.33. The van der Waals surface area contributed by atoms with Crippen molar-refractivity contribution in [3.05, 3.63) is 0 Å². The van der Waals surface area contributed by atoms with Crippen LogP contribution in [0.2, 0.25) is 0 Å². The molecular weight excluding hydrogens is 206 g/mol. The normalized spacial score (nSPS) is 26.7. The van der Waals surface area contributed by atoms with E-state index in [-0.39, 0.29) is 12.7 Å². The summed E-state index contributed by atoms with van der Waals surface area (Å²) < 4.78 is 5.77. The number of ether oxygens (including phenoxy) is 1. The Morgan fingerprint density at radius 2 is 2.06 bits per heavy atom. The molecule has 4 nitrogen and oxygen atoms in total. The van der Waals surface area contributed by atoms with Gasteiger partial charge in [-0.1, -0.05) is 12.8 Å². The minimum atomic E-state index is -0.802. The number of aliphatic carboxylic acids is 1. The fraction of sp³-hybridized carbons (Fsp3) is 0.917. The molecule has 0 aromatic heterocycles. The first kappa shape index (κ1) is 13.5. The average Bonchev–Trinajstić information content (AvgIpc) is 2.26. The van der Waals surface area contributed by atoms with Crippen molar-refractivity contribution in [1.29, 1.82) is 0 Å². The summed E-state index contributed by atoms with van der Waals surface area (Å²) in [6, 6.07) is 0.373. The molecule has 2 atom stereocenters. The molecule has 1 fully saturated rings. The fourth-order valence-electron chi connectivity index (χ4n) is 2.00. The smallest absolute Gasteiger partial charge is 0.311 e. The summed E-state index contributed by atoms with van der Waals surface area (Å²) in [7, 11) is 1.94. The van der Waals surface area contributed by atoms with Crippen LogP contribution in [0.4, 0.5) is 0 Å². The molecule has 0 saturated heterocycles. The summed E-state index contributed by atoms with van der Waals surface area (Å²) in [6.07, 6.45) is 4.72. The van der Waals surface area contributed by atoms with Gasteiger partial charge in [0.15, 0.2) is 0 Å².